The number of aliphatic carboxylic acids is 4. The van der Waals surface area contributed by atoms with E-state index in [-0.39, 0.29) is 118 Å². The maximum absolute atomic E-state index is 10.6. The van der Waals surface area contributed by atoms with Gasteiger partial charge in [0, 0.05) is 6.42 Å². The molecule has 8 nitrogen and oxygen atoms in total. The van der Waals surface area contributed by atoms with E-state index in [1.807, 2.05) is 0 Å². The van der Waals surface area contributed by atoms with Gasteiger partial charge in [0.1, 0.15) is 0 Å². The second kappa shape index (κ2) is 17.2. The van der Waals surface area contributed by atoms with Crippen LogP contribution in [0, 0.1) is 11.8 Å². The van der Waals surface area contributed by atoms with Crippen molar-refractivity contribution in [3.63, 3.8) is 0 Å². The molecule has 0 amide bonds. The summed E-state index contributed by atoms with van der Waals surface area (Å²) in [5.41, 5.74) is 0. The van der Waals surface area contributed by atoms with E-state index in [0.29, 0.717) is 0 Å². The molecule has 98 valence electrons. The average Bonchev–Trinajstić information content (AvgIpc) is 2.09. The summed E-state index contributed by atoms with van der Waals surface area (Å²) in [6, 6.07) is 0. The third kappa shape index (κ3) is 13.5. The number of hydrogen-bond acceptors (Lipinski definition) is 4. The molecule has 0 aromatic carbocycles. The molecule has 0 heterocycles. The number of carboxylic acids is 4. The molecular formula is C8H14Na4O8. The predicted molar refractivity (Wildman–Crippen MR) is 75.4 cm³/mol. The first-order chi connectivity index (χ1) is 7.27. The molecule has 0 spiro atoms. The van der Waals surface area contributed by atoms with Crippen LogP contribution in [-0.2, 0) is 19.2 Å². The van der Waals surface area contributed by atoms with Gasteiger partial charge in [-0.25, -0.2) is 0 Å². The Hall–Kier alpha value is 1.88. The van der Waals surface area contributed by atoms with E-state index < -0.39 is 48.6 Å². The van der Waals surface area contributed by atoms with Gasteiger partial charge < -0.3 is 20.4 Å². The normalized spacial score (nSPS) is 9.65. The van der Waals surface area contributed by atoms with Crippen LogP contribution in [0.3, 0.4) is 0 Å². The molecule has 0 aromatic heterocycles. The van der Waals surface area contributed by atoms with Gasteiger partial charge in [0.2, 0.25) is 0 Å². The van der Waals surface area contributed by atoms with Crippen molar-refractivity contribution in [3.8, 4) is 0 Å². The zero-order chi connectivity index (χ0) is 12.9. The van der Waals surface area contributed by atoms with Crippen molar-refractivity contribution in [2.75, 3.05) is 0 Å². The molecule has 0 aromatic rings. The molecule has 1 unspecified atom stereocenters. The number of carboxylic acid groups (broad SMARTS) is 4. The van der Waals surface area contributed by atoms with Crippen molar-refractivity contribution in [1.82, 2.24) is 0 Å². The standard InChI is InChI=1S/C8H10O8.4Na.4H/c9-4(10)2-1-3(6(11)12)5(7(13)14)8(15)16;;;;;;;;/h3,5H,1-2H2,(H,9,10)(H,11,12)(H,13,14)(H,15,16);;;;;;;;. The quantitative estimate of drug-likeness (QED) is 0.281. The molecule has 0 aliphatic heterocycles. The van der Waals surface area contributed by atoms with Crippen LogP contribution in [0.15, 0.2) is 0 Å². The minimum atomic E-state index is -2.14. The van der Waals surface area contributed by atoms with Gasteiger partial charge >= 0.3 is 142 Å². The Balaban J connectivity index is -0.000000187. The van der Waals surface area contributed by atoms with Crippen LogP contribution in [0.5, 0.6) is 0 Å². The zero-order valence-electron chi connectivity index (χ0n) is 7.99. The summed E-state index contributed by atoms with van der Waals surface area (Å²) in [6.45, 7) is 0. The fourth-order valence-corrected chi connectivity index (χ4v) is 1.16. The van der Waals surface area contributed by atoms with E-state index in [9.17, 15) is 19.2 Å². The third-order valence-electron chi connectivity index (χ3n) is 1.92. The van der Waals surface area contributed by atoms with Crippen molar-refractivity contribution in [2.24, 2.45) is 11.8 Å². The number of rotatable bonds is 7. The Morgan fingerprint density at radius 3 is 1.25 bits per heavy atom. The summed E-state index contributed by atoms with van der Waals surface area (Å²) < 4.78 is 0. The molecule has 0 bridgehead atoms. The van der Waals surface area contributed by atoms with Gasteiger partial charge in [-0.2, -0.15) is 0 Å². The van der Waals surface area contributed by atoms with Gasteiger partial charge in [-0.15, -0.1) is 0 Å². The topological polar surface area (TPSA) is 149 Å². The van der Waals surface area contributed by atoms with Gasteiger partial charge in [0.25, 0.3) is 0 Å². The van der Waals surface area contributed by atoms with E-state index in [1.165, 1.54) is 0 Å². The summed E-state index contributed by atoms with van der Waals surface area (Å²) >= 11 is 0. The van der Waals surface area contributed by atoms with Gasteiger partial charge in [-0.1, -0.05) is 0 Å². The van der Waals surface area contributed by atoms with Crippen LogP contribution in [0.1, 0.15) is 12.8 Å². The summed E-state index contributed by atoms with van der Waals surface area (Å²) in [6.07, 6.45) is -1.15. The molecule has 0 saturated heterocycles. The van der Waals surface area contributed by atoms with Crippen LogP contribution in [0.25, 0.3) is 0 Å². The fourth-order valence-electron chi connectivity index (χ4n) is 1.16. The van der Waals surface area contributed by atoms with Gasteiger partial charge in [0.15, 0.2) is 5.92 Å². The monoisotopic (exact) mass is 330 g/mol. The first kappa shape index (κ1) is 33.5. The first-order valence-corrected chi connectivity index (χ1v) is 4.17. The molecule has 12 heteroatoms. The maximum atomic E-state index is 10.6. The molecule has 0 aliphatic rings. The first-order valence-electron chi connectivity index (χ1n) is 4.17. The average molecular weight is 330 g/mol. The van der Waals surface area contributed by atoms with Crippen LogP contribution in [0.4, 0.5) is 0 Å². The molecule has 0 fully saturated rings. The Kier molecular flexibility index (Phi) is 28.9. The van der Waals surface area contributed by atoms with E-state index >= 15 is 0 Å². The summed E-state index contributed by atoms with van der Waals surface area (Å²) in [4.78, 5) is 41.9. The van der Waals surface area contributed by atoms with Crippen molar-refractivity contribution < 1.29 is 39.6 Å². The third-order valence-corrected chi connectivity index (χ3v) is 1.92. The summed E-state index contributed by atoms with van der Waals surface area (Å²) in [5, 5.41) is 34.0. The molecular weight excluding hydrogens is 316 g/mol. The van der Waals surface area contributed by atoms with E-state index in [2.05, 4.69) is 0 Å². The van der Waals surface area contributed by atoms with Crippen LogP contribution in [-0.4, -0.2) is 163 Å². The molecule has 0 aliphatic carbocycles. The Bertz CT molecular complexity index is 320. The van der Waals surface area contributed by atoms with E-state index in [1.54, 1.807) is 0 Å². The molecule has 0 saturated carbocycles. The molecule has 0 rings (SSSR count). The molecule has 4 N–H and O–H groups in total. The van der Waals surface area contributed by atoms with Crippen LogP contribution < -0.4 is 0 Å². The number of carbonyl (C=O) groups is 4. The molecule has 1 atom stereocenters. The fraction of sp³-hybridized carbons (Fsp3) is 0.500. The van der Waals surface area contributed by atoms with Gasteiger partial charge in [-0.05, 0) is 6.42 Å². The second-order valence-electron chi connectivity index (χ2n) is 3.03. The van der Waals surface area contributed by atoms with Crippen molar-refractivity contribution in [3.05, 3.63) is 0 Å². The SMILES string of the molecule is O=C(O)CCC(C(=O)O)C(C(=O)O)C(=O)O.[NaH].[NaH].[NaH].[NaH]. The zero-order valence-corrected chi connectivity index (χ0v) is 7.99. The number of hydrogen-bond donors (Lipinski definition) is 4. The summed E-state index contributed by atoms with van der Waals surface area (Å²) in [7, 11) is 0. The Labute approximate surface area is 203 Å². The van der Waals surface area contributed by atoms with Crippen LogP contribution in [0.2, 0.25) is 0 Å². The van der Waals surface area contributed by atoms with Crippen molar-refractivity contribution in [1.29, 1.82) is 0 Å². The van der Waals surface area contributed by atoms with Crippen molar-refractivity contribution >= 4 is 142 Å². The van der Waals surface area contributed by atoms with Gasteiger partial charge in [0.05, 0.1) is 5.92 Å². The molecule has 20 heavy (non-hydrogen) atoms. The predicted octanol–water partition coefficient (Wildman–Crippen LogP) is -3.26. The van der Waals surface area contributed by atoms with E-state index in [0.717, 1.165) is 0 Å². The second-order valence-corrected chi connectivity index (χ2v) is 3.03. The Morgan fingerprint density at radius 1 is 0.700 bits per heavy atom. The van der Waals surface area contributed by atoms with Gasteiger partial charge in [-0.3, -0.25) is 19.2 Å². The van der Waals surface area contributed by atoms with E-state index in [4.69, 9.17) is 20.4 Å². The van der Waals surface area contributed by atoms with Crippen molar-refractivity contribution in [2.45, 2.75) is 12.8 Å². The van der Waals surface area contributed by atoms with Crippen LogP contribution >= 0.6 is 0 Å². The minimum absolute atomic E-state index is 0. The molecule has 0 radical (unpaired) electrons. The summed E-state index contributed by atoms with van der Waals surface area (Å²) in [5.74, 6) is -10.5. The Morgan fingerprint density at radius 2 is 1.05 bits per heavy atom.